The molecule has 0 atom stereocenters. The van der Waals surface area contributed by atoms with Gasteiger partial charge in [0.25, 0.3) is 5.91 Å². The summed E-state index contributed by atoms with van der Waals surface area (Å²) in [7, 11) is 1.66. The summed E-state index contributed by atoms with van der Waals surface area (Å²) in [4.78, 5) is 11.4. The molecule has 0 aliphatic carbocycles. The number of carbonyl (C=O) groups is 1. The van der Waals surface area contributed by atoms with Gasteiger partial charge < -0.3 is 5.32 Å². The summed E-state index contributed by atoms with van der Waals surface area (Å²) >= 11 is 0. The predicted octanol–water partition coefficient (Wildman–Crippen LogP) is 3.95. The number of nitrogens with one attached hydrogen (secondary N) is 1. The fourth-order valence-corrected chi connectivity index (χ4v) is 2.08. The molecule has 2 heteroatoms. The van der Waals surface area contributed by atoms with Crippen LogP contribution >= 0.6 is 0 Å². The van der Waals surface area contributed by atoms with E-state index in [1.54, 1.807) is 7.05 Å². The molecule has 0 aliphatic heterocycles. The highest BCUT2D eigenvalue weighted by atomic mass is 16.1. The molecule has 1 aromatic carbocycles. The monoisotopic (exact) mass is 247 g/mol. The van der Waals surface area contributed by atoms with Crippen LogP contribution in [0.2, 0.25) is 0 Å². The third-order valence-corrected chi connectivity index (χ3v) is 3.26. The zero-order chi connectivity index (χ0) is 13.2. The maximum atomic E-state index is 11.4. The lowest BCUT2D eigenvalue weighted by atomic mass is 10.0. The Kier molecular flexibility index (Phi) is 7.16. The summed E-state index contributed by atoms with van der Waals surface area (Å²) in [5.41, 5.74) is 2.07. The van der Waals surface area contributed by atoms with Crippen molar-refractivity contribution in [2.24, 2.45) is 0 Å². The van der Waals surface area contributed by atoms with Crippen LogP contribution in [0.3, 0.4) is 0 Å². The third-order valence-electron chi connectivity index (χ3n) is 3.26. The smallest absolute Gasteiger partial charge is 0.251 e. The number of aryl methyl sites for hydroxylation is 1. The molecule has 0 fully saturated rings. The molecule has 2 nitrogen and oxygen atoms in total. The van der Waals surface area contributed by atoms with Crippen molar-refractivity contribution in [1.29, 1.82) is 0 Å². The maximum Gasteiger partial charge on any atom is 0.251 e. The second kappa shape index (κ2) is 8.73. The van der Waals surface area contributed by atoms with Crippen LogP contribution in [0.15, 0.2) is 24.3 Å². The van der Waals surface area contributed by atoms with E-state index in [9.17, 15) is 4.79 Å². The van der Waals surface area contributed by atoms with Gasteiger partial charge in [-0.15, -0.1) is 0 Å². The minimum Gasteiger partial charge on any atom is -0.355 e. The summed E-state index contributed by atoms with van der Waals surface area (Å²) in [5.74, 6) is -0.0129. The van der Waals surface area contributed by atoms with Gasteiger partial charge in [0.2, 0.25) is 0 Å². The van der Waals surface area contributed by atoms with E-state index in [0.29, 0.717) is 0 Å². The molecule has 0 radical (unpaired) electrons. The number of benzene rings is 1. The van der Waals surface area contributed by atoms with Crippen molar-refractivity contribution >= 4 is 5.91 Å². The second-order valence-electron chi connectivity index (χ2n) is 4.79. The molecule has 1 amide bonds. The van der Waals surface area contributed by atoms with Gasteiger partial charge in [0.1, 0.15) is 0 Å². The molecular weight excluding hydrogens is 222 g/mol. The zero-order valence-electron chi connectivity index (χ0n) is 11.7. The summed E-state index contributed by atoms with van der Waals surface area (Å²) in [6.07, 6.45) is 9.08. The van der Waals surface area contributed by atoms with E-state index < -0.39 is 0 Å². The van der Waals surface area contributed by atoms with Crippen LogP contribution in [-0.2, 0) is 6.42 Å². The van der Waals surface area contributed by atoms with Crippen molar-refractivity contribution in [2.75, 3.05) is 7.05 Å². The van der Waals surface area contributed by atoms with Crippen LogP contribution in [-0.4, -0.2) is 13.0 Å². The number of carbonyl (C=O) groups excluding carboxylic acids is 1. The van der Waals surface area contributed by atoms with Gasteiger partial charge in [0.05, 0.1) is 0 Å². The second-order valence-corrected chi connectivity index (χ2v) is 4.79. The molecule has 1 N–H and O–H groups in total. The topological polar surface area (TPSA) is 29.1 Å². The van der Waals surface area contributed by atoms with Gasteiger partial charge >= 0.3 is 0 Å². The van der Waals surface area contributed by atoms with Gasteiger partial charge in [-0.25, -0.2) is 0 Å². The zero-order valence-corrected chi connectivity index (χ0v) is 11.7. The molecule has 100 valence electrons. The van der Waals surface area contributed by atoms with E-state index in [1.807, 2.05) is 12.1 Å². The molecule has 0 saturated heterocycles. The van der Waals surface area contributed by atoms with Gasteiger partial charge in [0.15, 0.2) is 0 Å². The van der Waals surface area contributed by atoms with Crippen LogP contribution in [0.5, 0.6) is 0 Å². The third kappa shape index (κ3) is 5.35. The Morgan fingerprint density at radius 3 is 2.22 bits per heavy atom. The van der Waals surface area contributed by atoms with Crippen LogP contribution < -0.4 is 5.32 Å². The number of hydrogen-bond donors (Lipinski definition) is 1. The summed E-state index contributed by atoms with van der Waals surface area (Å²) in [5, 5.41) is 2.63. The van der Waals surface area contributed by atoms with Gasteiger partial charge in [-0.1, -0.05) is 51.2 Å². The molecule has 0 aromatic heterocycles. The van der Waals surface area contributed by atoms with Crippen LogP contribution in [0.1, 0.15) is 61.4 Å². The average Bonchev–Trinajstić information content (AvgIpc) is 2.42. The molecule has 0 aliphatic rings. The van der Waals surface area contributed by atoms with Gasteiger partial charge in [-0.2, -0.15) is 0 Å². The van der Waals surface area contributed by atoms with Crippen molar-refractivity contribution in [3.05, 3.63) is 35.4 Å². The van der Waals surface area contributed by atoms with Gasteiger partial charge in [-0.3, -0.25) is 4.79 Å². The Morgan fingerprint density at radius 2 is 1.61 bits per heavy atom. The Bertz CT molecular complexity index is 343. The van der Waals surface area contributed by atoms with Crippen LogP contribution in [0.25, 0.3) is 0 Å². The molecule has 0 saturated carbocycles. The predicted molar refractivity (Wildman–Crippen MR) is 76.9 cm³/mol. The molecular formula is C16H25NO. The molecule has 18 heavy (non-hydrogen) atoms. The fourth-order valence-electron chi connectivity index (χ4n) is 2.08. The van der Waals surface area contributed by atoms with Crippen molar-refractivity contribution < 1.29 is 4.79 Å². The number of hydrogen-bond acceptors (Lipinski definition) is 1. The minimum absolute atomic E-state index is 0.0129. The first kappa shape index (κ1) is 14.7. The van der Waals surface area contributed by atoms with Crippen LogP contribution in [0, 0.1) is 0 Å². The largest absolute Gasteiger partial charge is 0.355 e. The normalized spacial score (nSPS) is 10.3. The average molecular weight is 247 g/mol. The maximum absolute atomic E-state index is 11.4. The van der Waals surface area contributed by atoms with Gasteiger partial charge in [-0.05, 0) is 30.5 Å². The lowest BCUT2D eigenvalue weighted by molar-refractivity contribution is 0.0963. The number of rotatable bonds is 8. The lowest BCUT2D eigenvalue weighted by Crippen LogP contribution is -2.17. The standard InChI is InChI=1S/C16H25NO/c1-3-4-5-6-7-8-9-14-10-12-15(13-11-14)16(18)17-2/h10-13H,3-9H2,1-2H3,(H,17,18). The number of unbranched alkanes of at least 4 members (excludes halogenated alkanes) is 5. The molecule has 1 rings (SSSR count). The molecule has 0 spiro atoms. The summed E-state index contributed by atoms with van der Waals surface area (Å²) < 4.78 is 0. The highest BCUT2D eigenvalue weighted by Crippen LogP contribution is 2.11. The van der Waals surface area contributed by atoms with Crippen molar-refractivity contribution in [1.82, 2.24) is 5.32 Å². The summed E-state index contributed by atoms with van der Waals surface area (Å²) in [6.45, 7) is 2.24. The van der Waals surface area contributed by atoms with E-state index in [4.69, 9.17) is 0 Å². The Labute approximate surface area is 111 Å². The van der Waals surface area contributed by atoms with E-state index in [-0.39, 0.29) is 5.91 Å². The Hall–Kier alpha value is -1.31. The molecule has 1 aromatic rings. The van der Waals surface area contributed by atoms with Crippen molar-refractivity contribution in [3.63, 3.8) is 0 Å². The first-order valence-electron chi connectivity index (χ1n) is 7.09. The van der Waals surface area contributed by atoms with E-state index in [2.05, 4.69) is 24.4 Å². The first-order valence-corrected chi connectivity index (χ1v) is 7.09. The molecule has 0 unspecified atom stereocenters. The van der Waals surface area contributed by atoms with Crippen LogP contribution in [0.4, 0.5) is 0 Å². The first-order chi connectivity index (χ1) is 8.77. The Balaban J connectivity index is 2.25. The molecule has 0 heterocycles. The Morgan fingerprint density at radius 1 is 1.00 bits per heavy atom. The highest BCUT2D eigenvalue weighted by Gasteiger charge is 2.01. The number of amides is 1. The SMILES string of the molecule is CCCCCCCCc1ccc(C(=O)NC)cc1. The lowest BCUT2D eigenvalue weighted by Gasteiger charge is -2.04. The van der Waals surface area contributed by atoms with E-state index in [0.717, 1.165) is 12.0 Å². The minimum atomic E-state index is -0.0129. The highest BCUT2D eigenvalue weighted by molar-refractivity contribution is 5.93. The van der Waals surface area contributed by atoms with E-state index >= 15 is 0 Å². The quantitative estimate of drug-likeness (QED) is 0.692. The van der Waals surface area contributed by atoms with Crippen molar-refractivity contribution in [2.45, 2.75) is 51.9 Å². The van der Waals surface area contributed by atoms with E-state index in [1.165, 1.54) is 44.1 Å². The van der Waals surface area contributed by atoms with Crippen molar-refractivity contribution in [3.8, 4) is 0 Å². The van der Waals surface area contributed by atoms with Gasteiger partial charge in [0, 0.05) is 12.6 Å². The molecule has 0 bridgehead atoms. The summed E-state index contributed by atoms with van der Waals surface area (Å²) in [6, 6.07) is 7.95. The fraction of sp³-hybridized carbons (Fsp3) is 0.562.